The van der Waals surface area contributed by atoms with Crippen molar-refractivity contribution in [3.05, 3.63) is 0 Å². The molecular weight excluding hydrogens is 1030 g/mol. The zero-order chi connectivity index (χ0) is 51.1. The Morgan fingerprint density at radius 2 is 0.359 bits per heavy atom. The average Bonchev–Trinajstić information content (AvgIpc) is 3.47. The molecule has 0 saturated carbocycles. The summed E-state index contributed by atoms with van der Waals surface area (Å²) in [5.41, 5.74) is 0. The fourth-order valence-electron chi connectivity index (χ4n) is 23.0. The largest absolute Gasteiger partial charge is 0.0694 e. The molecule has 0 nitrogen and oxygen atoms in total. The molecule has 0 N–H and O–H groups in total. The third-order valence-electron chi connectivity index (χ3n) is 22.4. The Hall–Kier alpha value is 3.47. The molecule has 0 aromatic heterocycles. The topological polar surface area (TPSA) is 0 Å². The number of rotatable bonds is 8. The van der Waals surface area contributed by atoms with Crippen molar-refractivity contribution < 1.29 is 0 Å². The van der Waals surface area contributed by atoms with E-state index in [9.17, 15) is 0 Å². The van der Waals surface area contributed by atoms with Gasteiger partial charge in [-0.2, -0.15) is 0 Å². The molecule has 7 heterocycles. The molecule has 64 heavy (non-hydrogen) atoms. The Bertz CT molecular complexity index is 1660. The van der Waals surface area contributed by atoms with Crippen LogP contribution in [0.2, 0.25) is 194 Å². The summed E-state index contributed by atoms with van der Waals surface area (Å²) in [7, 11) is -14.2. The van der Waals surface area contributed by atoms with Crippen molar-refractivity contribution in [1.82, 2.24) is 0 Å². The maximum Gasteiger partial charge on any atom is 0.0482 e. The molecule has 372 valence electrons. The molecule has 0 unspecified atom stereocenters. The second-order valence-electron chi connectivity index (χ2n) is 36.1. The van der Waals surface area contributed by atoms with Crippen LogP contribution in [0.4, 0.5) is 0 Å². The van der Waals surface area contributed by atoms with Crippen LogP contribution in [-0.4, -0.2) is 121 Å². The first-order valence-corrected chi connectivity index (χ1v) is 78.9. The quantitative estimate of drug-likeness (QED) is 0.213. The van der Waals surface area contributed by atoms with Crippen molar-refractivity contribution in [1.29, 1.82) is 0 Å². The summed E-state index contributed by atoms with van der Waals surface area (Å²) in [4.78, 5) is 0. The summed E-state index contributed by atoms with van der Waals surface area (Å²) in [6.45, 7) is 102. The van der Waals surface area contributed by atoms with Gasteiger partial charge in [0.05, 0.1) is 0 Å². The summed E-state index contributed by atoms with van der Waals surface area (Å²) >= 11 is 0. The molecule has 0 aromatic carbocycles. The van der Waals surface area contributed by atoms with Crippen molar-refractivity contribution in [3.63, 3.8) is 0 Å². The first-order chi connectivity index (χ1) is 27.4. The van der Waals surface area contributed by atoms with Gasteiger partial charge in [0, 0.05) is 91.1 Å². The fourth-order valence-corrected chi connectivity index (χ4v) is 756. The number of hydrogen-bond donors (Lipinski definition) is 0. The molecule has 7 fully saturated rings. The monoisotopic (exact) mass is 1140 g/mol. The summed E-state index contributed by atoms with van der Waals surface area (Å²) < 4.78 is 3.15. The van der Waals surface area contributed by atoms with Crippen LogP contribution in [0.15, 0.2) is 0 Å². The molecular formula is C48H116Si16. The lowest BCUT2D eigenvalue weighted by Crippen LogP contribution is -3.44. The molecule has 0 aromatic rings. The normalized spacial score (nSPS) is 32.4. The number of hydrogen-bond acceptors (Lipinski definition) is 0. The van der Waals surface area contributed by atoms with E-state index in [2.05, 4.69) is 240 Å². The highest BCUT2D eigenvalue weighted by atomic mass is 30.9. The maximum atomic E-state index is 3.11. The van der Waals surface area contributed by atoms with Gasteiger partial charge in [-0.1, -0.05) is 266 Å². The van der Waals surface area contributed by atoms with E-state index < -0.39 is 121 Å². The second-order valence-corrected chi connectivity index (χ2v) is 169. The molecule has 0 radical (unpaired) electrons. The van der Waals surface area contributed by atoms with Crippen LogP contribution in [0.3, 0.4) is 0 Å². The van der Waals surface area contributed by atoms with E-state index in [-0.39, 0.29) is 0 Å². The minimum Gasteiger partial charge on any atom is -0.0694 e. The maximum absolute atomic E-state index is 3.11. The van der Waals surface area contributed by atoms with Crippen LogP contribution in [0.25, 0.3) is 0 Å². The molecule has 7 saturated heterocycles. The van der Waals surface area contributed by atoms with Crippen molar-refractivity contribution in [2.24, 2.45) is 0 Å². The van der Waals surface area contributed by atoms with Crippen molar-refractivity contribution in [2.45, 2.75) is 303 Å². The molecule has 7 aliphatic rings. The molecule has 7 aliphatic heterocycles. The van der Waals surface area contributed by atoms with Gasteiger partial charge in [0.15, 0.2) is 0 Å². The lowest BCUT2D eigenvalue weighted by Gasteiger charge is -3.13. The Labute approximate surface area is 420 Å². The zero-order valence-corrected chi connectivity index (χ0v) is 66.8. The molecule has 0 amide bonds. The van der Waals surface area contributed by atoms with Gasteiger partial charge < -0.3 is 0 Å². The lowest BCUT2D eigenvalue weighted by molar-refractivity contribution is 0.678. The Balaban J connectivity index is 2.42. The van der Waals surface area contributed by atoms with Crippen molar-refractivity contribution >= 4 is 121 Å². The highest BCUT2D eigenvalue weighted by Gasteiger charge is 3.18. The Morgan fingerprint density at radius 3 is 0.438 bits per heavy atom. The summed E-state index contributed by atoms with van der Waals surface area (Å²) in [6.07, 6.45) is 6.79. The van der Waals surface area contributed by atoms with Crippen molar-refractivity contribution in [2.75, 3.05) is 0 Å². The third-order valence-corrected chi connectivity index (χ3v) is 352. The third kappa shape index (κ3) is 5.75. The van der Waals surface area contributed by atoms with Gasteiger partial charge in [-0.25, -0.2) is 0 Å². The van der Waals surface area contributed by atoms with E-state index in [1.54, 1.807) is 25.7 Å². The first-order valence-electron chi connectivity index (χ1n) is 26.9. The first kappa shape index (κ1) is 58.4. The molecule has 7 rings (SSSR count). The predicted octanol–water partition coefficient (Wildman–Crippen LogP) is 17.4. The van der Waals surface area contributed by atoms with Crippen LogP contribution < -0.4 is 0 Å². The minimum absolute atomic E-state index is 0.505. The molecule has 4 bridgehead atoms. The average molecular weight is 1140 g/mol. The fraction of sp³-hybridized carbons (Fsp3) is 1.00. The Kier molecular flexibility index (Phi) is 13.4. The van der Waals surface area contributed by atoms with Gasteiger partial charge in [0.1, 0.15) is 0 Å². The van der Waals surface area contributed by atoms with Gasteiger partial charge in [0.25, 0.3) is 0 Å². The second kappa shape index (κ2) is 14.6. The van der Waals surface area contributed by atoms with Crippen LogP contribution in [0.5, 0.6) is 0 Å². The molecule has 0 spiro atoms. The van der Waals surface area contributed by atoms with Crippen LogP contribution in [0.1, 0.15) is 109 Å². The van der Waals surface area contributed by atoms with Crippen LogP contribution in [-0.2, 0) is 0 Å². The SMILES string of the molecule is CC(C)(C)[Si]12[Si](=[Si]3C([Si](C)(C)C)([Si](C)(C)C)CCC3([Si](C)(C)C)[Si](C)(C)C)[Si]3(C(C)(C)C)[Si]1(C(C)(C)C)[Si](=[Si]1C([Si](C)(C)C)([Si](C)(C)C)CCC1([Si](C)(C)C)[Si](C)(C)C)[Si]23C(C)(C)C. The van der Waals surface area contributed by atoms with Gasteiger partial charge >= 0.3 is 0 Å². The smallest absolute Gasteiger partial charge is 0.0482 e. The highest BCUT2D eigenvalue weighted by Crippen LogP contribution is 2.94. The van der Waals surface area contributed by atoms with Gasteiger partial charge in [-0.05, 0) is 66.9 Å². The summed E-state index contributed by atoms with van der Waals surface area (Å²) in [5.74, 6) is 0. The molecule has 0 aliphatic carbocycles. The van der Waals surface area contributed by atoms with Gasteiger partial charge in [-0.3, -0.25) is 0 Å². The van der Waals surface area contributed by atoms with E-state index in [0.717, 1.165) is 17.1 Å². The van der Waals surface area contributed by atoms with Crippen molar-refractivity contribution in [3.8, 4) is 0 Å². The zero-order valence-electron chi connectivity index (χ0n) is 50.8. The van der Waals surface area contributed by atoms with Crippen LogP contribution in [0, 0.1) is 0 Å². The Morgan fingerprint density at radius 1 is 0.250 bits per heavy atom. The molecule has 16 heteroatoms. The lowest BCUT2D eigenvalue weighted by atomic mass is 10.2. The van der Waals surface area contributed by atoms with E-state index >= 15 is 0 Å². The van der Waals surface area contributed by atoms with E-state index in [1.807, 2.05) is 0 Å². The minimum atomic E-state index is -1.79. The van der Waals surface area contributed by atoms with Gasteiger partial charge in [-0.15, -0.1) is 0 Å². The summed E-state index contributed by atoms with van der Waals surface area (Å²) in [5, 5.41) is 2.36. The van der Waals surface area contributed by atoms with E-state index in [0.29, 0.717) is 20.2 Å². The van der Waals surface area contributed by atoms with Gasteiger partial charge in [0.2, 0.25) is 0 Å². The predicted molar refractivity (Wildman–Crippen MR) is 341 cm³/mol. The molecule has 0 atom stereocenters. The van der Waals surface area contributed by atoms with E-state index in [1.165, 1.54) is 0 Å². The van der Waals surface area contributed by atoms with Crippen LogP contribution >= 0.6 is 0 Å². The standard InChI is InChI=1S/C48H116Si16/c1-41(2,3)61-51(49-45(53(13,14)15,54(16,17)18)37-38-46(49,55(19,20)21)56(22,23)24)64(44(10,11)12)62(61,42(4,5)6)52(63(61,64)43(7,8)9)50-47(57(25,26)27,58(28,29)30)39-40-48(50,59(31,32)33)60(34,35)36/h37-40H2,1-36H3. The highest BCUT2D eigenvalue weighted by molar-refractivity contribution is 8.68. The van der Waals surface area contributed by atoms with E-state index in [4.69, 9.17) is 0 Å². The summed E-state index contributed by atoms with van der Waals surface area (Å²) in [6, 6.07) is 0.